The Morgan fingerprint density at radius 3 is 2.28 bits per heavy atom. The van der Waals surface area contributed by atoms with Crippen LogP contribution in [0.3, 0.4) is 0 Å². The summed E-state index contributed by atoms with van der Waals surface area (Å²) in [6, 6.07) is -0.839. The van der Waals surface area contributed by atoms with Gasteiger partial charge in [0, 0.05) is 20.3 Å². The maximum Gasteiger partial charge on any atom is 0.407 e. The second-order valence-corrected chi connectivity index (χ2v) is 5.49. The molecule has 0 spiro atoms. The zero-order valence-corrected chi connectivity index (χ0v) is 14.4. The zero-order valence-electron chi connectivity index (χ0n) is 14.4. The van der Waals surface area contributed by atoms with E-state index in [1.165, 1.54) is 19.9 Å². The molecule has 9 heteroatoms. The third kappa shape index (κ3) is 6.18. The van der Waals surface area contributed by atoms with Gasteiger partial charge in [-0.3, -0.25) is 9.59 Å². The molecule has 1 aliphatic rings. The quantitative estimate of drug-likeness (QED) is 0.303. The summed E-state index contributed by atoms with van der Waals surface area (Å²) >= 11 is 0. The second kappa shape index (κ2) is 9.77. The number of aldehydes is 1. The smallest absolute Gasteiger partial charge is 0.407 e. The van der Waals surface area contributed by atoms with Crippen LogP contribution >= 0.6 is 0 Å². The first-order valence-corrected chi connectivity index (χ1v) is 7.77. The number of carbonyl (C=O) groups excluding carboxylic acids is 4. The van der Waals surface area contributed by atoms with Gasteiger partial charge in [-0.15, -0.1) is 0 Å². The molecule has 0 radical (unpaired) electrons. The van der Waals surface area contributed by atoms with Crippen molar-refractivity contribution in [1.82, 2.24) is 5.32 Å². The molecule has 140 valence electrons. The van der Waals surface area contributed by atoms with E-state index in [-0.39, 0.29) is 13.0 Å². The standard InChI is InChI=1S/C16H23NO8/c1-5-8-22-16(21)17-13-9(2)23-12(6-7-18)14(24-10(3)19)15(13)25-11(4)20/h5,7,9,12-15H,1,6,8H2,2-4H3,(H,17,21). The normalized spacial score (nSPS) is 28.4. The first-order valence-electron chi connectivity index (χ1n) is 7.77. The number of hydrogen-bond acceptors (Lipinski definition) is 8. The van der Waals surface area contributed by atoms with Crippen molar-refractivity contribution in [2.24, 2.45) is 0 Å². The number of carbonyl (C=O) groups is 4. The van der Waals surface area contributed by atoms with Crippen LogP contribution in [0.5, 0.6) is 0 Å². The van der Waals surface area contributed by atoms with Gasteiger partial charge in [-0.1, -0.05) is 12.7 Å². The first-order chi connectivity index (χ1) is 11.8. The van der Waals surface area contributed by atoms with Crippen LogP contribution in [-0.2, 0) is 33.3 Å². The highest BCUT2D eigenvalue weighted by Gasteiger charge is 2.48. The lowest BCUT2D eigenvalue weighted by atomic mass is 9.91. The van der Waals surface area contributed by atoms with E-state index in [4.69, 9.17) is 18.9 Å². The van der Waals surface area contributed by atoms with Crippen LogP contribution < -0.4 is 5.32 Å². The van der Waals surface area contributed by atoms with Crippen molar-refractivity contribution in [3.63, 3.8) is 0 Å². The van der Waals surface area contributed by atoms with Gasteiger partial charge in [0.05, 0.1) is 12.1 Å². The fourth-order valence-electron chi connectivity index (χ4n) is 2.58. The van der Waals surface area contributed by atoms with Crippen LogP contribution in [0.1, 0.15) is 27.2 Å². The molecule has 0 aromatic carbocycles. The minimum atomic E-state index is -1.05. The maximum absolute atomic E-state index is 11.8. The van der Waals surface area contributed by atoms with E-state index >= 15 is 0 Å². The van der Waals surface area contributed by atoms with Crippen molar-refractivity contribution in [3.05, 3.63) is 12.7 Å². The Kier molecular flexibility index (Phi) is 8.06. The van der Waals surface area contributed by atoms with E-state index in [9.17, 15) is 19.2 Å². The summed E-state index contributed by atoms with van der Waals surface area (Å²) in [5.74, 6) is -1.27. The summed E-state index contributed by atoms with van der Waals surface area (Å²) in [7, 11) is 0. The van der Waals surface area contributed by atoms with E-state index in [1.807, 2.05) is 0 Å². The van der Waals surface area contributed by atoms with Crippen LogP contribution in [-0.4, -0.2) is 61.4 Å². The van der Waals surface area contributed by atoms with Gasteiger partial charge in [-0.2, -0.15) is 0 Å². The molecule has 1 fully saturated rings. The molecule has 25 heavy (non-hydrogen) atoms. The van der Waals surface area contributed by atoms with Gasteiger partial charge >= 0.3 is 18.0 Å². The minimum absolute atomic E-state index is 0.00678. The molecule has 1 saturated heterocycles. The summed E-state index contributed by atoms with van der Waals surface area (Å²) in [5.41, 5.74) is 0. The summed E-state index contributed by atoms with van der Waals surface area (Å²) < 4.78 is 21.0. The van der Waals surface area contributed by atoms with Crippen LogP contribution in [0.15, 0.2) is 12.7 Å². The number of ether oxygens (including phenoxy) is 4. The molecule has 1 amide bonds. The fourth-order valence-corrected chi connectivity index (χ4v) is 2.58. The predicted octanol–water partition coefficient (Wildman–Crippen LogP) is 0.507. The van der Waals surface area contributed by atoms with Crippen LogP contribution in [0.4, 0.5) is 4.79 Å². The highest BCUT2D eigenvalue weighted by atomic mass is 16.6. The van der Waals surface area contributed by atoms with Crippen molar-refractivity contribution in [3.8, 4) is 0 Å². The molecular weight excluding hydrogens is 334 g/mol. The van der Waals surface area contributed by atoms with Crippen molar-refractivity contribution in [1.29, 1.82) is 0 Å². The number of esters is 2. The molecule has 1 aliphatic heterocycles. The lowest BCUT2D eigenvalue weighted by Crippen LogP contribution is -2.64. The molecule has 0 aliphatic carbocycles. The molecule has 0 bridgehead atoms. The molecule has 0 saturated carbocycles. The third-order valence-electron chi connectivity index (χ3n) is 3.49. The molecule has 0 aromatic rings. The highest BCUT2D eigenvalue weighted by molar-refractivity contribution is 5.69. The Morgan fingerprint density at radius 1 is 1.16 bits per heavy atom. The van der Waals surface area contributed by atoms with Gasteiger partial charge in [0.1, 0.15) is 19.0 Å². The number of alkyl carbamates (subject to hydrolysis) is 1. The molecular formula is C16H23NO8. The first kappa shape index (κ1) is 20.6. The van der Waals surface area contributed by atoms with Crippen molar-refractivity contribution in [2.45, 2.75) is 57.6 Å². The van der Waals surface area contributed by atoms with Gasteiger partial charge in [0.2, 0.25) is 0 Å². The van der Waals surface area contributed by atoms with Gasteiger partial charge in [-0.25, -0.2) is 4.79 Å². The van der Waals surface area contributed by atoms with E-state index in [1.54, 1.807) is 6.92 Å². The predicted molar refractivity (Wildman–Crippen MR) is 84.6 cm³/mol. The SMILES string of the molecule is C=CCOC(=O)NC1C(C)OC(CC=O)C(OC(C)=O)C1OC(C)=O. The summed E-state index contributed by atoms with van der Waals surface area (Å²) in [6.07, 6.45) is -2.34. The topological polar surface area (TPSA) is 117 Å². The minimum Gasteiger partial charge on any atom is -0.456 e. The van der Waals surface area contributed by atoms with Crippen molar-refractivity contribution in [2.75, 3.05) is 6.61 Å². The van der Waals surface area contributed by atoms with E-state index in [0.717, 1.165) is 0 Å². The largest absolute Gasteiger partial charge is 0.456 e. The van der Waals surface area contributed by atoms with Crippen LogP contribution in [0, 0.1) is 0 Å². The molecule has 1 N–H and O–H groups in total. The average molecular weight is 357 g/mol. The molecule has 9 nitrogen and oxygen atoms in total. The van der Waals surface area contributed by atoms with Gasteiger partial charge in [-0.05, 0) is 6.92 Å². The molecule has 1 heterocycles. The van der Waals surface area contributed by atoms with E-state index < -0.39 is 48.5 Å². The average Bonchev–Trinajstić information content (AvgIpc) is 2.52. The monoisotopic (exact) mass is 357 g/mol. The van der Waals surface area contributed by atoms with Gasteiger partial charge in [0.25, 0.3) is 0 Å². The number of rotatable bonds is 7. The van der Waals surface area contributed by atoms with Crippen LogP contribution in [0.2, 0.25) is 0 Å². The molecule has 0 aromatic heterocycles. The fraction of sp³-hybridized carbons (Fsp3) is 0.625. The summed E-state index contributed by atoms with van der Waals surface area (Å²) in [5, 5.41) is 2.53. The van der Waals surface area contributed by atoms with E-state index in [2.05, 4.69) is 11.9 Å². The Bertz CT molecular complexity index is 520. The number of amides is 1. The summed E-state index contributed by atoms with van der Waals surface area (Å²) in [6.45, 7) is 7.43. The van der Waals surface area contributed by atoms with Crippen molar-refractivity contribution >= 4 is 24.3 Å². The molecule has 5 unspecified atom stereocenters. The Hall–Kier alpha value is -2.42. The Morgan fingerprint density at radius 2 is 1.76 bits per heavy atom. The molecule has 5 atom stereocenters. The van der Waals surface area contributed by atoms with Crippen molar-refractivity contribution < 1.29 is 38.1 Å². The van der Waals surface area contributed by atoms with E-state index in [0.29, 0.717) is 6.29 Å². The lowest BCUT2D eigenvalue weighted by Gasteiger charge is -2.44. The lowest BCUT2D eigenvalue weighted by molar-refractivity contribution is -0.212. The maximum atomic E-state index is 11.8. The summed E-state index contributed by atoms with van der Waals surface area (Å²) in [4.78, 5) is 45.6. The molecule has 1 rings (SSSR count). The second-order valence-electron chi connectivity index (χ2n) is 5.49. The van der Waals surface area contributed by atoms with Crippen LogP contribution in [0.25, 0.3) is 0 Å². The Labute approximate surface area is 145 Å². The van der Waals surface area contributed by atoms with Gasteiger partial charge < -0.3 is 29.1 Å². The Balaban J connectivity index is 3.07. The van der Waals surface area contributed by atoms with Gasteiger partial charge in [0.15, 0.2) is 12.2 Å². The highest BCUT2D eigenvalue weighted by Crippen LogP contribution is 2.27. The number of nitrogens with one attached hydrogen (secondary N) is 1. The zero-order chi connectivity index (χ0) is 19.0. The third-order valence-corrected chi connectivity index (χ3v) is 3.49. The number of hydrogen-bond donors (Lipinski definition) is 1.